The highest BCUT2D eigenvalue weighted by Gasteiger charge is 2.13. The molecule has 0 fully saturated rings. The zero-order chi connectivity index (χ0) is 13.5. The Morgan fingerprint density at radius 1 is 1.39 bits per heavy atom. The van der Waals surface area contributed by atoms with Crippen molar-refractivity contribution in [2.75, 3.05) is 24.5 Å². The van der Waals surface area contributed by atoms with Crippen molar-refractivity contribution in [1.29, 1.82) is 0 Å². The van der Waals surface area contributed by atoms with E-state index in [2.05, 4.69) is 36.0 Å². The predicted octanol–water partition coefficient (Wildman–Crippen LogP) is 2.81. The third kappa shape index (κ3) is 4.26. The molecule has 1 heterocycles. The Labute approximate surface area is 109 Å². The van der Waals surface area contributed by atoms with Gasteiger partial charge in [-0.05, 0) is 25.5 Å². The lowest BCUT2D eigenvalue weighted by atomic mass is 10.1. The standard InChI is InChI=1S/C14H24FN3/c1-5-16-8-12-7-13(15)9-17-14(12)18(6-2)10-11(3)4/h7,9,11,16H,5-6,8,10H2,1-4H3. The zero-order valence-electron chi connectivity index (χ0n) is 11.8. The van der Waals surface area contributed by atoms with Crippen LogP contribution >= 0.6 is 0 Å². The topological polar surface area (TPSA) is 28.2 Å². The van der Waals surface area contributed by atoms with Crippen molar-refractivity contribution >= 4 is 5.82 Å². The summed E-state index contributed by atoms with van der Waals surface area (Å²) < 4.78 is 13.3. The minimum atomic E-state index is -0.271. The number of halogens is 1. The lowest BCUT2D eigenvalue weighted by molar-refractivity contribution is 0.596. The summed E-state index contributed by atoms with van der Waals surface area (Å²) in [7, 11) is 0. The Kier molecular flexibility index (Phi) is 6.05. The van der Waals surface area contributed by atoms with Gasteiger partial charge in [-0.1, -0.05) is 20.8 Å². The van der Waals surface area contributed by atoms with Crippen LogP contribution in [0, 0.1) is 11.7 Å². The molecular formula is C14H24FN3. The number of hydrogen-bond acceptors (Lipinski definition) is 3. The van der Waals surface area contributed by atoms with Crippen molar-refractivity contribution < 1.29 is 4.39 Å². The van der Waals surface area contributed by atoms with E-state index in [0.29, 0.717) is 12.5 Å². The van der Waals surface area contributed by atoms with Crippen LogP contribution in [0.2, 0.25) is 0 Å². The van der Waals surface area contributed by atoms with E-state index in [-0.39, 0.29) is 5.82 Å². The van der Waals surface area contributed by atoms with Crippen LogP contribution in [-0.2, 0) is 6.54 Å². The van der Waals surface area contributed by atoms with Crippen molar-refractivity contribution in [2.24, 2.45) is 5.92 Å². The van der Waals surface area contributed by atoms with Gasteiger partial charge in [-0.15, -0.1) is 0 Å². The monoisotopic (exact) mass is 253 g/mol. The van der Waals surface area contributed by atoms with E-state index < -0.39 is 0 Å². The van der Waals surface area contributed by atoms with Gasteiger partial charge in [-0.25, -0.2) is 9.37 Å². The Morgan fingerprint density at radius 3 is 2.67 bits per heavy atom. The van der Waals surface area contributed by atoms with Crippen LogP contribution in [0.15, 0.2) is 12.3 Å². The third-order valence-electron chi connectivity index (χ3n) is 2.74. The summed E-state index contributed by atoms with van der Waals surface area (Å²) in [6, 6.07) is 1.58. The SMILES string of the molecule is CCNCc1cc(F)cnc1N(CC)CC(C)C. The van der Waals surface area contributed by atoms with E-state index in [4.69, 9.17) is 0 Å². The smallest absolute Gasteiger partial charge is 0.141 e. The summed E-state index contributed by atoms with van der Waals surface area (Å²) in [5.74, 6) is 1.18. The maximum Gasteiger partial charge on any atom is 0.141 e. The molecule has 1 aromatic rings. The van der Waals surface area contributed by atoms with Crippen molar-refractivity contribution in [3.05, 3.63) is 23.6 Å². The predicted molar refractivity (Wildman–Crippen MR) is 74.3 cm³/mol. The molecular weight excluding hydrogens is 229 g/mol. The van der Waals surface area contributed by atoms with Gasteiger partial charge in [0.15, 0.2) is 0 Å². The lowest BCUT2D eigenvalue weighted by Gasteiger charge is -2.26. The van der Waals surface area contributed by atoms with Gasteiger partial charge in [-0.3, -0.25) is 0 Å². The second kappa shape index (κ2) is 7.31. The first-order valence-electron chi connectivity index (χ1n) is 6.68. The summed E-state index contributed by atoms with van der Waals surface area (Å²) in [5, 5.41) is 3.23. The van der Waals surface area contributed by atoms with Crippen LogP contribution in [0.1, 0.15) is 33.3 Å². The summed E-state index contributed by atoms with van der Waals surface area (Å²) in [5.41, 5.74) is 0.930. The molecule has 0 bridgehead atoms. The molecule has 1 N–H and O–H groups in total. The molecule has 0 aliphatic carbocycles. The van der Waals surface area contributed by atoms with Gasteiger partial charge in [0, 0.05) is 25.2 Å². The fourth-order valence-corrected chi connectivity index (χ4v) is 1.95. The number of aromatic nitrogens is 1. The maximum atomic E-state index is 13.3. The Morgan fingerprint density at radius 2 is 2.11 bits per heavy atom. The van der Waals surface area contributed by atoms with Crippen LogP contribution < -0.4 is 10.2 Å². The molecule has 0 amide bonds. The normalized spacial score (nSPS) is 11.0. The first kappa shape index (κ1) is 14.9. The van der Waals surface area contributed by atoms with Crippen LogP contribution in [-0.4, -0.2) is 24.6 Å². The largest absolute Gasteiger partial charge is 0.356 e. The Bertz CT molecular complexity index is 366. The Hall–Kier alpha value is -1.16. The van der Waals surface area contributed by atoms with E-state index in [1.807, 2.05) is 6.92 Å². The number of nitrogens with zero attached hydrogens (tertiary/aromatic N) is 2. The van der Waals surface area contributed by atoms with Gasteiger partial charge in [0.1, 0.15) is 11.6 Å². The molecule has 0 aromatic carbocycles. The number of hydrogen-bond donors (Lipinski definition) is 1. The molecule has 0 aliphatic heterocycles. The zero-order valence-corrected chi connectivity index (χ0v) is 11.8. The molecule has 18 heavy (non-hydrogen) atoms. The number of anilines is 1. The molecule has 0 aliphatic rings. The molecule has 102 valence electrons. The van der Waals surface area contributed by atoms with E-state index in [1.165, 1.54) is 6.20 Å². The third-order valence-corrected chi connectivity index (χ3v) is 2.74. The maximum absolute atomic E-state index is 13.3. The molecule has 1 aromatic heterocycles. The van der Waals surface area contributed by atoms with E-state index in [1.54, 1.807) is 6.07 Å². The first-order chi connectivity index (χ1) is 8.58. The minimum Gasteiger partial charge on any atom is -0.356 e. The van der Waals surface area contributed by atoms with Gasteiger partial charge in [0.25, 0.3) is 0 Å². The quantitative estimate of drug-likeness (QED) is 0.810. The Balaban J connectivity index is 2.96. The van der Waals surface area contributed by atoms with E-state index in [0.717, 1.165) is 31.0 Å². The molecule has 0 saturated heterocycles. The highest BCUT2D eigenvalue weighted by atomic mass is 19.1. The van der Waals surface area contributed by atoms with Crippen LogP contribution in [0.4, 0.5) is 10.2 Å². The molecule has 0 saturated carbocycles. The van der Waals surface area contributed by atoms with E-state index in [9.17, 15) is 4.39 Å². The molecule has 0 spiro atoms. The van der Waals surface area contributed by atoms with Crippen LogP contribution in [0.3, 0.4) is 0 Å². The van der Waals surface area contributed by atoms with Gasteiger partial charge in [0.05, 0.1) is 6.20 Å². The van der Waals surface area contributed by atoms with Gasteiger partial charge in [-0.2, -0.15) is 0 Å². The fraction of sp³-hybridized carbons (Fsp3) is 0.643. The first-order valence-corrected chi connectivity index (χ1v) is 6.68. The summed E-state index contributed by atoms with van der Waals surface area (Å²) in [6.07, 6.45) is 1.30. The second-order valence-corrected chi connectivity index (χ2v) is 4.85. The number of pyridine rings is 1. The summed E-state index contributed by atoms with van der Waals surface area (Å²) in [4.78, 5) is 6.47. The number of nitrogens with one attached hydrogen (secondary N) is 1. The van der Waals surface area contributed by atoms with Crippen LogP contribution in [0.5, 0.6) is 0 Å². The lowest BCUT2D eigenvalue weighted by Crippen LogP contribution is -2.30. The summed E-state index contributed by atoms with van der Waals surface area (Å²) >= 11 is 0. The highest BCUT2D eigenvalue weighted by molar-refractivity contribution is 5.46. The molecule has 1 rings (SSSR count). The van der Waals surface area contributed by atoms with Crippen LogP contribution in [0.25, 0.3) is 0 Å². The van der Waals surface area contributed by atoms with E-state index >= 15 is 0 Å². The second-order valence-electron chi connectivity index (χ2n) is 4.85. The molecule has 4 heteroatoms. The minimum absolute atomic E-state index is 0.271. The average Bonchev–Trinajstić information content (AvgIpc) is 2.33. The highest BCUT2D eigenvalue weighted by Crippen LogP contribution is 2.19. The molecule has 0 unspecified atom stereocenters. The summed E-state index contributed by atoms with van der Waals surface area (Å²) in [6.45, 7) is 11.8. The van der Waals surface area contributed by atoms with Gasteiger partial charge in [0.2, 0.25) is 0 Å². The molecule has 0 radical (unpaired) electrons. The van der Waals surface area contributed by atoms with Gasteiger partial charge >= 0.3 is 0 Å². The molecule has 0 atom stereocenters. The van der Waals surface area contributed by atoms with Crippen molar-refractivity contribution in [1.82, 2.24) is 10.3 Å². The average molecular weight is 253 g/mol. The van der Waals surface area contributed by atoms with Gasteiger partial charge < -0.3 is 10.2 Å². The van der Waals surface area contributed by atoms with Crippen molar-refractivity contribution in [3.8, 4) is 0 Å². The fourth-order valence-electron chi connectivity index (χ4n) is 1.95. The molecule has 3 nitrogen and oxygen atoms in total. The number of rotatable bonds is 7. The van der Waals surface area contributed by atoms with Crippen molar-refractivity contribution in [2.45, 2.75) is 34.2 Å². The van der Waals surface area contributed by atoms with Crippen molar-refractivity contribution in [3.63, 3.8) is 0 Å².